The molecule has 0 radical (unpaired) electrons. The largest absolute Gasteiger partial charge is 0.323 e. The van der Waals surface area contributed by atoms with Crippen molar-refractivity contribution in [2.75, 3.05) is 0 Å². The normalized spacial score (nSPS) is 12.8. The van der Waals surface area contributed by atoms with Crippen molar-refractivity contribution in [3.63, 3.8) is 0 Å². The fraction of sp³-hybridized carbons (Fsp3) is 0.300. The van der Waals surface area contributed by atoms with Gasteiger partial charge in [-0.15, -0.1) is 10.2 Å². The third kappa shape index (κ3) is 2.33. The molecular formula is C10H8F5N5. The highest BCUT2D eigenvalue weighted by atomic mass is 19.2. The molecule has 5 nitrogen and oxygen atoms in total. The number of nitrogens with zero attached hydrogens (tertiary/aromatic N) is 4. The first-order chi connectivity index (χ1) is 9.32. The third-order valence-electron chi connectivity index (χ3n) is 2.57. The maximum Gasteiger partial charge on any atom is 0.200 e. The van der Waals surface area contributed by atoms with E-state index in [-0.39, 0.29) is 12.2 Å². The maximum absolute atomic E-state index is 13.5. The lowest BCUT2D eigenvalue weighted by Gasteiger charge is -2.13. The van der Waals surface area contributed by atoms with Gasteiger partial charge >= 0.3 is 0 Å². The molecule has 1 heterocycles. The molecule has 0 saturated carbocycles. The lowest BCUT2D eigenvalue weighted by molar-refractivity contribution is 0.363. The number of nitrogens with two attached hydrogens (primary N) is 1. The lowest BCUT2D eigenvalue weighted by atomic mass is 10.0. The van der Waals surface area contributed by atoms with Gasteiger partial charge in [0, 0.05) is 18.0 Å². The molecule has 0 fully saturated rings. The van der Waals surface area contributed by atoms with E-state index in [0.29, 0.717) is 0 Å². The molecule has 0 bridgehead atoms. The van der Waals surface area contributed by atoms with Gasteiger partial charge in [-0.2, -0.15) is 4.80 Å². The second-order valence-corrected chi connectivity index (χ2v) is 3.99. The van der Waals surface area contributed by atoms with Crippen molar-refractivity contribution >= 4 is 0 Å². The first-order valence-electron chi connectivity index (χ1n) is 5.32. The van der Waals surface area contributed by atoms with Gasteiger partial charge < -0.3 is 5.73 Å². The van der Waals surface area contributed by atoms with Crippen molar-refractivity contribution in [2.24, 2.45) is 12.8 Å². The van der Waals surface area contributed by atoms with Crippen LogP contribution in [0.15, 0.2) is 0 Å². The number of hydrogen-bond donors (Lipinski definition) is 1. The quantitative estimate of drug-likeness (QED) is 0.523. The first-order valence-corrected chi connectivity index (χ1v) is 5.32. The second kappa shape index (κ2) is 5.12. The van der Waals surface area contributed by atoms with E-state index in [1.54, 1.807) is 0 Å². The van der Waals surface area contributed by atoms with Crippen LogP contribution >= 0.6 is 0 Å². The maximum atomic E-state index is 13.5. The number of rotatable bonds is 3. The molecule has 1 unspecified atom stereocenters. The molecule has 2 aromatic rings. The Morgan fingerprint density at radius 3 is 1.95 bits per heavy atom. The number of aryl methyl sites for hydroxylation is 1. The van der Waals surface area contributed by atoms with Crippen molar-refractivity contribution in [3.05, 3.63) is 40.5 Å². The lowest BCUT2D eigenvalue weighted by Crippen LogP contribution is -2.20. The topological polar surface area (TPSA) is 69.6 Å². The van der Waals surface area contributed by atoms with Gasteiger partial charge in [0.2, 0.25) is 5.82 Å². The molecule has 1 atom stereocenters. The van der Waals surface area contributed by atoms with Gasteiger partial charge in [-0.1, -0.05) is 0 Å². The molecule has 0 aliphatic rings. The molecule has 0 saturated heterocycles. The summed E-state index contributed by atoms with van der Waals surface area (Å²) in [5.41, 5.74) is 4.37. The molecule has 108 valence electrons. The van der Waals surface area contributed by atoms with Crippen LogP contribution in [-0.2, 0) is 13.5 Å². The van der Waals surface area contributed by atoms with Gasteiger partial charge in [-0.25, -0.2) is 22.0 Å². The van der Waals surface area contributed by atoms with Gasteiger partial charge in [0.05, 0.1) is 7.05 Å². The fourth-order valence-electron chi connectivity index (χ4n) is 1.65. The second-order valence-electron chi connectivity index (χ2n) is 3.99. The number of hydrogen-bond acceptors (Lipinski definition) is 4. The summed E-state index contributed by atoms with van der Waals surface area (Å²) in [6.07, 6.45) is -0.327. The Kier molecular flexibility index (Phi) is 3.66. The molecule has 0 aliphatic carbocycles. The van der Waals surface area contributed by atoms with E-state index in [0.717, 1.165) is 4.80 Å². The summed E-state index contributed by atoms with van der Waals surface area (Å²) in [4.78, 5) is 1.07. The van der Waals surface area contributed by atoms with Crippen molar-refractivity contribution in [1.29, 1.82) is 0 Å². The molecule has 1 aromatic carbocycles. The SMILES string of the molecule is Cn1nnc(CC(N)c2c(F)c(F)c(F)c(F)c2F)n1. The summed E-state index contributed by atoms with van der Waals surface area (Å²) >= 11 is 0. The van der Waals surface area contributed by atoms with Crippen molar-refractivity contribution in [2.45, 2.75) is 12.5 Å². The van der Waals surface area contributed by atoms with Gasteiger partial charge in [-0.3, -0.25) is 0 Å². The summed E-state index contributed by atoms with van der Waals surface area (Å²) in [7, 11) is 1.44. The molecule has 0 spiro atoms. The van der Waals surface area contributed by atoms with Crippen LogP contribution in [-0.4, -0.2) is 20.2 Å². The Balaban J connectivity index is 2.42. The monoisotopic (exact) mass is 293 g/mol. The Morgan fingerprint density at radius 2 is 1.50 bits per heavy atom. The molecule has 10 heteroatoms. The zero-order chi connectivity index (χ0) is 15.0. The Bertz CT molecular complexity index is 627. The van der Waals surface area contributed by atoms with Crippen molar-refractivity contribution in [1.82, 2.24) is 20.2 Å². The Morgan fingerprint density at radius 1 is 1.00 bits per heavy atom. The Hall–Kier alpha value is -2.10. The Labute approximate surface area is 109 Å². The molecule has 1 aromatic heterocycles. The van der Waals surface area contributed by atoms with Crippen LogP contribution in [0.5, 0.6) is 0 Å². The number of benzene rings is 1. The molecular weight excluding hydrogens is 285 g/mol. The van der Waals surface area contributed by atoms with E-state index in [1.807, 2.05) is 0 Å². The molecule has 20 heavy (non-hydrogen) atoms. The van der Waals surface area contributed by atoms with Crippen LogP contribution in [0.3, 0.4) is 0 Å². The first kappa shape index (κ1) is 14.3. The molecule has 2 rings (SSSR count). The van der Waals surface area contributed by atoms with Gasteiger partial charge in [-0.05, 0) is 5.21 Å². The minimum absolute atomic E-state index is 0.0175. The summed E-state index contributed by atoms with van der Waals surface area (Å²) in [6, 6.07) is -1.50. The van der Waals surface area contributed by atoms with Crippen LogP contribution in [0.2, 0.25) is 0 Å². The predicted octanol–water partition coefficient (Wildman–Crippen LogP) is 1.15. The van der Waals surface area contributed by atoms with Gasteiger partial charge in [0.15, 0.2) is 29.1 Å². The smallest absolute Gasteiger partial charge is 0.200 e. The minimum Gasteiger partial charge on any atom is -0.323 e. The van der Waals surface area contributed by atoms with E-state index in [9.17, 15) is 22.0 Å². The van der Waals surface area contributed by atoms with Crippen LogP contribution < -0.4 is 5.73 Å². The number of halogens is 5. The highest BCUT2D eigenvalue weighted by Crippen LogP contribution is 2.27. The average molecular weight is 293 g/mol. The zero-order valence-electron chi connectivity index (χ0n) is 10.0. The summed E-state index contributed by atoms with van der Waals surface area (Å²) in [5, 5.41) is 10.7. The van der Waals surface area contributed by atoms with Crippen LogP contribution in [0, 0.1) is 29.1 Å². The van der Waals surface area contributed by atoms with E-state index in [4.69, 9.17) is 5.73 Å². The van der Waals surface area contributed by atoms with Crippen molar-refractivity contribution < 1.29 is 22.0 Å². The molecule has 0 amide bonds. The van der Waals surface area contributed by atoms with Gasteiger partial charge in [0.25, 0.3) is 0 Å². The van der Waals surface area contributed by atoms with Crippen LogP contribution in [0.4, 0.5) is 22.0 Å². The fourth-order valence-corrected chi connectivity index (χ4v) is 1.65. The van der Waals surface area contributed by atoms with E-state index < -0.39 is 40.7 Å². The standard InChI is InChI=1S/C10H8F5N5/c1-20-18-4(17-19-20)2-3(16)5-6(11)8(13)10(15)9(14)7(5)12/h3H,2,16H2,1H3. The third-order valence-corrected chi connectivity index (χ3v) is 2.57. The zero-order valence-corrected chi connectivity index (χ0v) is 10.0. The summed E-state index contributed by atoms with van der Waals surface area (Å²) in [5.74, 6) is -10.2. The van der Waals surface area contributed by atoms with Crippen LogP contribution in [0.1, 0.15) is 17.4 Å². The summed E-state index contributed by atoms with van der Waals surface area (Å²) in [6.45, 7) is 0. The van der Waals surface area contributed by atoms with Gasteiger partial charge in [0.1, 0.15) is 0 Å². The highest BCUT2D eigenvalue weighted by molar-refractivity contribution is 5.27. The average Bonchev–Trinajstić information content (AvgIpc) is 2.79. The highest BCUT2D eigenvalue weighted by Gasteiger charge is 2.29. The number of aromatic nitrogens is 4. The van der Waals surface area contributed by atoms with Crippen LogP contribution in [0.25, 0.3) is 0 Å². The molecule has 2 N–H and O–H groups in total. The van der Waals surface area contributed by atoms with E-state index >= 15 is 0 Å². The number of tetrazole rings is 1. The van der Waals surface area contributed by atoms with Crippen molar-refractivity contribution in [3.8, 4) is 0 Å². The summed E-state index contributed by atoms with van der Waals surface area (Å²) < 4.78 is 66.0. The van der Waals surface area contributed by atoms with E-state index in [1.165, 1.54) is 7.05 Å². The predicted molar refractivity (Wildman–Crippen MR) is 55.7 cm³/mol. The minimum atomic E-state index is -2.23. The molecule has 0 aliphatic heterocycles. The van der Waals surface area contributed by atoms with E-state index in [2.05, 4.69) is 15.4 Å².